The fourth-order valence-electron chi connectivity index (χ4n) is 4.74. The molecular weight excluding hydrogens is 481 g/mol. The van der Waals surface area contributed by atoms with Gasteiger partial charge in [0.05, 0.1) is 22.2 Å². The predicted molar refractivity (Wildman–Crippen MR) is 136 cm³/mol. The lowest BCUT2D eigenvalue weighted by Crippen LogP contribution is -2.41. The highest BCUT2D eigenvalue weighted by molar-refractivity contribution is 6.44. The third kappa shape index (κ3) is 5.84. The van der Waals surface area contributed by atoms with Crippen molar-refractivity contribution in [3.8, 4) is 0 Å². The van der Waals surface area contributed by atoms with E-state index in [2.05, 4.69) is 15.5 Å². The molecule has 2 aromatic rings. The van der Waals surface area contributed by atoms with Gasteiger partial charge in [0.25, 0.3) is 0 Å². The molecule has 0 bridgehead atoms. The van der Waals surface area contributed by atoms with E-state index in [0.717, 1.165) is 50.3 Å². The number of fused-ring (bicyclic) bond motifs is 1. The lowest BCUT2D eigenvalue weighted by Gasteiger charge is -2.30. The van der Waals surface area contributed by atoms with Crippen molar-refractivity contribution in [3.05, 3.63) is 44.0 Å². The second kappa shape index (κ2) is 10.7. The summed E-state index contributed by atoms with van der Waals surface area (Å²) in [4.78, 5) is 24.3. The Morgan fingerprint density at radius 3 is 2.39 bits per heavy atom. The predicted octanol–water partition coefficient (Wildman–Crippen LogP) is 5.46. The summed E-state index contributed by atoms with van der Waals surface area (Å²) in [5.74, 6) is 1.66. The average Bonchev–Trinajstić information content (AvgIpc) is 2.80. The van der Waals surface area contributed by atoms with E-state index in [9.17, 15) is 4.79 Å². The number of anilines is 2. The highest BCUT2D eigenvalue weighted by Crippen LogP contribution is 2.32. The van der Waals surface area contributed by atoms with Gasteiger partial charge in [0, 0.05) is 42.3 Å². The quantitative estimate of drug-likeness (QED) is 0.505. The van der Waals surface area contributed by atoms with E-state index in [0.29, 0.717) is 26.7 Å². The Morgan fingerprint density at radius 2 is 1.67 bits per heavy atom. The van der Waals surface area contributed by atoms with Gasteiger partial charge in [0.1, 0.15) is 5.82 Å². The molecule has 0 spiro atoms. The molecule has 178 valence electrons. The van der Waals surface area contributed by atoms with E-state index >= 15 is 0 Å². The number of halogens is 3. The number of nitrogens with zero attached hydrogens (tertiary/aromatic N) is 3. The van der Waals surface area contributed by atoms with Gasteiger partial charge in [0.15, 0.2) is 0 Å². The van der Waals surface area contributed by atoms with Crippen LogP contribution >= 0.6 is 34.8 Å². The second-order valence-corrected chi connectivity index (χ2v) is 10.3. The summed E-state index contributed by atoms with van der Waals surface area (Å²) in [5.41, 5.74) is 3.05. The standard InChI is InChI=1S/C24H30Cl3N5O/c1-32(2)23-16-5-3-4-6-20(16)30-24(31-23)29-15-9-7-14(8-10-15)28-21(33)13-17-18(25)11-12-19(26)22(17)27/h11-12,14-15H,3-10,13H2,1-2H3,(H,28,33)(H,29,30,31). The normalized spacial score (nSPS) is 20.2. The van der Waals surface area contributed by atoms with Crippen molar-refractivity contribution in [2.24, 2.45) is 0 Å². The van der Waals surface area contributed by atoms with Gasteiger partial charge >= 0.3 is 0 Å². The highest BCUT2D eigenvalue weighted by Gasteiger charge is 2.25. The van der Waals surface area contributed by atoms with Crippen LogP contribution in [0.4, 0.5) is 11.8 Å². The van der Waals surface area contributed by atoms with Crippen molar-refractivity contribution in [1.82, 2.24) is 15.3 Å². The van der Waals surface area contributed by atoms with Crippen LogP contribution in [-0.2, 0) is 24.1 Å². The number of rotatable bonds is 6. The summed E-state index contributed by atoms with van der Waals surface area (Å²) >= 11 is 18.5. The topological polar surface area (TPSA) is 70.2 Å². The minimum atomic E-state index is -0.0916. The zero-order valence-corrected chi connectivity index (χ0v) is 21.3. The molecule has 0 radical (unpaired) electrons. The number of aromatic nitrogens is 2. The Labute approximate surface area is 210 Å². The number of amides is 1. The van der Waals surface area contributed by atoms with Gasteiger partial charge in [-0.05, 0) is 63.5 Å². The molecule has 9 heteroatoms. The van der Waals surface area contributed by atoms with Crippen LogP contribution in [0.25, 0.3) is 0 Å². The van der Waals surface area contributed by atoms with E-state index in [1.165, 1.54) is 24.1 Å². The number of aryl methyl sites for hydroxylation is 1. The van der Waals surface area contributed by atoms with E-state index in [1.807, 2.05) is 14.1 Å². The second-order valence-electron chi connectivity index (χ2n) is 9.16. The third-order valence-electron chi connectivity index (χ3n) is 6.49. The van der Waals surface area contributed by atoms with E-state index in [1.54, 1.807) is 12.1 Å². The monoisotopic (exact) mass is 509 g/mol. The van der Waals surface area contributed by atoms with Crippen molar-refractivity contribution >= 4 is 52.5 Å². The molecule has 2 N–H and O–H groups in total. The maximum atomic E-state index is 12.6. The number of carbonyl (C=O) groups excluding carboxylic acids is 1. The van der Waals surface area contributed by atoms with E-state index < -0.39 is 0 Å². The number of carbonyl (C=O) groups is 1. The summed E-state index contributed by atoms with van der Waals surface area (Å²) in [6.45, 7) is 0. The van der Waals surface area contributed by atoms with Crippen LogP contribution in [0.15, 0.2) is 12.1 Å². The molecular formula is C24H30Cl3N5O. The molecule has 0 unspecified atom stereocenters. The van der Waals surface area contributed by atoms with Crippen LogP contribution in [0.2, 0.25) is 15.1 Å². The number of nitrogens with one attached hydrogen (secondary N) is 2. The Balaban J connectivity index is 1.32. The van der Waals surface area contributed by atoms with E-state index in [4.69, 9.17) is 44.8 Å². The summed E-state index contributed by atoms with van der Waals surface area (Å²) in [6, 6.07) is 3.73. The van der Waals surface area contributed by atoms with Crippen molar-refractivity contribution < 1.29 is 4.79 Å². The van der Waals surface area contributed by atoms with Crippen LogP contribution in [0.5, 0.6) is 0 Å². The van der Waals surface area contributed by atoms with Gasteiger partial charge in [-0.25, -0.2) is 4.98 Å². The molecule has 2 aliphatic rings. The van der Waals surface area contributed by atoms with Crippen LogP contribution in [-0.4, -0.2) is 42.1 Å². The molecule has 4 rings (SSSR count). The SMILES string of the molecule is CN(C)c1nc(NC2CCC(NC(=O)Cc3c(Cl)ccc(Cl)c3Cl)CC2)nc2c1CCCC2. The Kier molecular flexibility index (Phi) is 7.87. The van der Waals surface area contributed by atoms with Crippen molar-refractivity contribution in [3.63, 3.8) is 0 Å². The molecule has 1 amide bonds. The molecule has 33 heavy (non-hydrogen) atoms. The molecule has 0 atom stereocenters. The Morgan fingerprint density at radius 1 is 1.00 bits per heavy atom. The third-order valence-corrected chi connectivity index (χ3v) is 7.68. The van der Waals surface area contributed by atoms with Gasteiger partial charge in [0.2, 0.25) is 11.9 Å². The molecule has 1 heterocycles. The van der Waals surface area contributed by atoms with Crippen LogP contribution in [0, 0.1) is 0 Å². The number of hydrogen-bond donors (Lipinski definition) is 2. The van der Waals surface area contributed by atoms with Gasteiger partial charge in [-0.1, -0.05) is 34.8 Å². The number of benzene rings is 1. The number of hydrogen-bond acceptors (Lipinski definition) is 5. The van der Waals surface area contributed by atoms with Gasteiger partial charge < -0.3 is 15.5 Å². The summed E-state index contributed by atoms with van der Waals surface area (Å²) in [7, 11) is 4.08. The van der Waals surface area contributed by atoms with Crippen LogP contribution < -0.4 is 15.5 Å². The zero-order valence-electron chi connectivity index (χ0n) is 19.1. The fraction of sp³-hybridized carbons (Fsp3) is 0.542. The lowest BCUT2D eigenvalue weighted by molar-refractivity contribution is -0.121. The van der Waals surface area contributed by atoms with Crippen LogP contribution in [0.1, 0.15) is 55.3 Å². The molecule has 6 nitrogen and oxygen atoms in total. The Hall–Kier alpha value is -1.76. The summed E-state index contributed by atoms with van der Waals surface area (Å²) < 4.78 is 0. The van der Waals surface area contributed by atoms with E-state index in [-0.39, 0.29) is 18.4 Å². The molecule has 1 saturated carbocycles. The van der Waals surface area contributed by atoms with Gasteiger partial charge in [-0.2, -0.15) is 4.98 Å². The molecule has 1 aromatic carbocycles. The lowest BCUT2D eigenvalue weighted by atomic mass is 9.91. The van der Waals surface area contributed by atoms with Gasteiger partial charge in [-0.3, -0.25) is 4.79 Å². The first kappa shape index (κ1) is 24.4. The Bertz CT molecular complexity index is 1020. The first-order valence-electron chi connectivity index (χ1n) is 11.6. The maximum Gasteiger partial charge on any atom is 0.225 e. The smallest absolute Gasteiger partial charge is 0.225 e. The zero-order chi connectivity index (χ0) is 23.5. The minimum absolute atomic E-state index is 0.0916. The molecule has 0 saturated heterocycles. The average molecular weight is 511 g/mol. The fourth-order valence-corrected chi connectivity index (χ4v) is 5.43. The minimum Gasteiger partial charge on any atom is -0.362 e. The summed E-state index contributed by atoms with van der Waals surface area (Å²) in [5, 5.41) is 7.87. The molecule has 1 aromatic heterocycles. The van der Waals surface area contributed by atoms with Crippen molar-refractivity contribution in [2.45, 2.75) is 69.9 Å². The highest BCUT2D eigenvalue weighted by atomic mass is 35.5. The molecule has 1 fully saturated rings. The van der Waals surface area contributed by atoms with Crippen LogP contribution in [0.3, 0.4) is 0 Å². The first-order chi connectivity index (χ1) is 15.8. The van der Waals surface area contributed by atoms with Gasteiger partial charge in [-0.15, -0.1) is 0 Å². The van der Waals surface area contributed by atoms with Crippen molar-refractivity contribution in [1.29, 1.82) is 0 Å². The largest absolute Gasteiger partial charge is 0.362 e. The molecule has 2 aliphatic carbocycles. The van der Waals surface area contributed by atoms with Crippen molar-refractivity contribution in [2.75, 3.05) is 24.3 Å². The molecule has 0 aliphatic heterocycles. The maximum absolute atomic E-state index is 12.6. The summed E-state index contributed by atoms with van der Waals surface area (Å²) in [6.07, 6.45) is 8.27. The first-order valence-corrected chi connectivity index (χ1v) is 12.7.